The Labute approximate surface area is 98.4 Å². The number of ether oxygens (including phenoxy) is 1. The van der Waals surface area contributed by atoms with Gasteiger partial charge in [-0.2, -0.15) is 0 Å². The van der Waals surface area contributed by atoms with Crippen molar-refractivity contribution >= 4 is 21.2 Å². The molecule has 0 unspecified atom stereocenters. The smallest absolute Gasteiger partial charge is 0.299 e. The van der Waals surface area contributed by atoms with E-state index in [0.29, 0.717) is 11.3 Å². The molecule has 1 aliphatic rings. The highest BCUT2D eigenvalue weighted by Crippen LogP contribution is 2.32. The number of aromatic nitrogens is 1. The molecule has 2 heterocycles. The van der Waals surface area contributed by atoms with Crippen molar-refractivity contribution in [3.05, 3.63) is 46.8 Å². The van der Waals surface area contributed by atoms with E-state index >= 15 is 0 Å². The standard InChI is InChI=1S/C11H9NO4S/c1-8-6-9(4-5-12-8)10-2-3-11(16-7-13)17(10,14)15/h2-7H,1H3. The Bertz CT molecular complexity index is 629. The number of hydrogen-bond donors (Lipinski definition) is 0. The topological polar surface area (TPSA) is 73.3 Å². The Balaban J connectivity index is 2.43. The Kier molecular flexibility index (Phi) is 2.81. The van der Waals surface area contributed by atoms with Gasteiger partial charge in [0.25, 0.3) is 6.47 Å². The summed E-state index contributed by atoms with van der Waals surface area (Å²) in [4.78, 5) is 14.3. The first kappa shape index (κ1) is 11.5. The monoisotopic (exact) mass is 251 g/mol. The summed E-state index contributed by atoms with van der Waals surface area (Å²) >= 11 is 0. The van der Waals surface area contributed by atoms with E-state index in [1.165, 1.54) is 18.3 Å². The molecule has 5 nitrogen and oxygen atoms in total. The Morgan fingerprint density at radius 2 is 2.12 bits per heavy atom. The molecule has 0 amide bonds. The molecule has 0 atom stereocenters. The van der Waals surface area contributed by atoms with E-state index in [-0.39, 0.29) is 16.5 Å². The number of carbonyl (C=O) groups excluding carboxylic acids is 1. The zero-order valence-corrected chi connectivity index (χ0v) is 9.77. The van der Waals surface area contributed by atoms with Crippen molar-refractivity contribution in [1.29, 1.82) is 0 Å². The van der Waals surface area contributed by atoms with Crippen LogP contribution < -0.4 is 0 Å². The van der Waals surface area contributed by atoms with E-state index in [1.807, 2.05) is 0 Å². The second-order valence-corrected chi connectivity index (χ2v) is 5.27. The normalized spacial score (nSPS) is 17.2. The van der Waals surface area contributed by atoms with Crippen molar-refractivity contribution in [3.63, 3.8) is 0 Å². The van der Waals surface area contributed by atoms with Gasteiger partial charge in [0.15, 0.2) is 0 Å². The molecule has 0 radical (unpaired) electrons. The lowest BCUT2D eigenvalue weighted by atomic mass is 10.2. The van der Waals surface area contributed by atoms with Gasteiger partial charge >= 0.3 is 0 Å². The van der Waals surface area contributed by atoms with Crippen LogP contribution in [0.25, 0.3) is 4.91 Å². The molecule has 0 aromatic carbocycles. The maximum absolute atomic E-state index is 12.0. The molecule has 0 N–H and O–H groups in total. The lowest BCUT2D eigenvalue weighted by molar-refractivity contribution is -0.124. The fourth-order valence-electron chi connectivity index (χ4n) is 1.53. The average Bonchev–Trinajstić information content (AvgIpc) is 2.55. The zero-order valence-electron chi connectivity index (χ0n) is 8.95. The first-order chi connectivity index (χ1) is 8.05. The quantitative estimate of drug-likeness (QED) is 0.754. The van der Waals surface area contributed by atoms with Gasteiger partial charge in [-0.05, 0) is 36.8 Å². The molecule has 0 aliphatic carbocycles. The molecule has 2 rings (SSSR count). The van der Waals surface area contributed by atoms with Crippen molar-refractivity contribution in [3.8, 4) is 0 Å². The molecular weight excluding hydrogens is 242 g/mol. The number of rotatable bonds is 3. The van der Waals surface area contributed by atoms with Gasteiger partial charge in [0.2, 0.25) is 14.9 Å². The predicted octanol–water partition coefficient (Wildman–Crippen LogP) is 1.17. The summed E-state index contributed by atoms with van der Waals surface area (Å²) in [6, 6.07) is 3.25. The third-order valence-corrected chi connectivity index (χ3v) is 3.98. The summed E-state index contributed by atoms with van der Waals surface area (Å²) in [6.45, 7) is 1.86. The number of sulfone groups is 1. The van der Waals surface area contributed by atoms with Crippen LogP contribution in [0.2, 0.25) is 0 Å². The third-order valence-electron chi connectivity index (χ3n) is 2.27. The van der Waals surface area contributed by atoms with Gasteiger partial charge in [-0.25, -0.2) is 8.42 Å². The van der Waals surface area contributed by atoms with Gasteiger partial charge in [0.05, 0.1) is 4.91 Å². The van der Waals surface area contributed by atoms with Crippen LogP contribution >= 0.6 is 0 Å². The molecule has 0 fully saturated rings. The molecule has 0 bridgehead atoms. The van der Waals surface area contributed by atoms with Gasteiger partial charge in [-0.3, -0.25) is 9.78 Å². The summed E-state index contributed by atoms with van der Waals surface area (Å²) in [6.07, 6.45) is 4.19. The maximum atomic E-state index is 12.0. The Morgan fingerprint density at radius 3 is 2.76 bits per heavy atom. The third kappa shape index (κ3) is 1.99. The van der Waals surface area contributed by atoms with Crippen LogP contribution in [0.15, 0.2) is 35.6 Å². The SMILES string of the molecule is Cc1cc(C2=CC=C(OC=O)S2(=O)=O)ccn1. The van der Waals surface area contributed by atoms with E-state index in [0.717, 1.165) is 0 Å². The molecule has 0 spiro atoms. The van der Waals surface area contributed by atoms with Crippen molar-refractivity contribution in [2.45, 2.75) is 6.92 Å². The van der Waals surface area contributed by atoms with Crippen LogP contribution in [-0.2, 0) is 19.4 Å². The van der Waals surface area contributed by atoms with Crippen LogP contribution in [0.4, 0.5) is 0 Å². The molecular formula is C11H9NO4S. The highest BCUT2D eigenvalue weighted by atomic mass is 32.2. The van der Waals surface area contributed by atoms with E-state index in [1.54, 1.807) is 19.1 Å². The minimum absolute atomic E-state index is 0.0952. The van der Waals surface area contributed by atoms with Crippen LogP contribution in [0.3, 0.4) is 0 Å². The summed E-state index contributed by atoms with van der Waals surface area (Å²) in [5.74, 6) is 0. The minimum Gasteiger partial charge on any atom is -0.416 e. The molecule has 0 saturated heterocycles. The second-order valence-electron chi connectivity index (χ2n) is 3.42. The number of nitrogens with zero attached hydrogens (tertiary/aromatic N) is 1. The van der Waals surface area contributed by atoms with Crippen LogP contribution in [0.1, 0.15) is 11.3 Å². The fraction of sp³-hybridized carbons (Fsp3) is 0.0909. The first-order valence-electron chi connectivity index (χ1n) is 4.76. The molecule has 1 aromatic rings. The van der Waals surface area contributed by atoms with E-state index in [9.17, 15) is 13.2 Å². The highest BCUT2D eigenvalue weighted by Gasteiger charge is 2.30. The molecule has 88 valence electrons. The van der Waals surface area contributed by atoms with E-state index < -0.39 is 9.84 Å². The summed E-state index contributed by atoms with van der Waals surface area (Å²) in [5.41, 5.74) is 1.24. The number of aryl methyl sites for hydroxylation is 1. The Hall–Kier alpha value is -1.95. The van der Waals surface area contributed by atoms with Crippen molar-refractivity contribution in [2.24, 2.45) is 0 Å². The molecule has 1 aromatic heterocycles. The summed E-state index contributed by atoms with van der Waals surface area (Å²) < 4.78 is 28.3. The summed E-state index contributed by atoms with van der Waals surface area (Å²) in [7, 11) is -3.72. The average molecular weight is 251 g/mol. The van der Waals surface area contributed by atoms with E-state index in [4.69, 9.17) is 0 Å². The van der Waals surface area contributed by atoms with Crippen molar-refractivity contribution in [2.75, 3.05) is 0 Å². The minimum atomic E-state index is -3.72. The first-order valence-corrected chi connectivity index (χ1v) is 6.24. The lowest BCUT2D eigenvalue weighted by Crippen LogP contribution is -2.05. The fourth-order valence-corrected chi connectivity index (χ4v) is 2.85. The Morgan fingerprint density at radius 1 is 1.35 bits per heavy atom. The van der Waals surface area contributed by atoms with Gasteiger partial charge in [-0.1, -0.05) is 0 Å². The lowest BCUT2D eigenvalue weighted by Gasteiger charge is -2.05. The van der Waals surface area contributed by atoms with Crippen molar-refractivity contribution in [1.82, 2.24) is 4.98 Å². The van der Waals surface area contributed by atoms with Gasteiger partial charge in [-0.15, -0.1) is 0 Å². The van der Waals surface area contributed by atoms with Crippen LogP contribution in [-0.4, -0.2) is 19.9 Å². The molecule has 1 aliphatic heterocycles. The second kappa shape index (κ2) is 4.14. The summed E-state index contributed by atoms with van der Waals surface area (Å²) in [5, 5.41) is -0.350. The van der Waals surface area contributed by atoms with Gasteiger partial charge in [0.1, 0.15) is 0 Å². The molecule has 0 saturated carbocycles. The molecule has 6 heteroatoms. The number of allylic oxidation sites excluding steroid dienone is 2. The van der Waals surface area contributed by atoms with Gasteiger partial charge in [0, 0.05) is 11.9 Å². The zero-order chi connectivity index (χ0) is 12.5. The largest absolute Gasteiger partial charge is 0.416 e. The molecule has 17 heavy (non-hydrogen) atoms. The van der Waals surface area contributed by atoms with Crippen LogP contribution in [0.5, 0.6) is 0 Å². The van der Waals surface area contributed by atoms with Crippen LogP contribution in [0, 0.1) is 6.92 Å². The maximum Gasteiger partial charge on any atom is 0.299 e. The number of pyridine rings is 1. The number of carbonyl (C=O) groups is 1. The van der Waals surface area contributed by atoms with Crippen molar-refractivity contribution < 1.29 is 17.9 Å². The van der Waals surface area contributed by atoms with E-state index in [2.05, 4.69) is 9.72 Å². The van der Waals surface area contributed by atoms with Gasteiger partial charge < -0.3 is 4.74 Å². The predicted molar refractivity (Wildman–Crippen MR) is 61.1 cm³/mol. The highest BCUT2D eigenvalue weighted by molar-refractivity contribution is 8.04. The number of hydrogen-bond acceptors (Lipinski definition) is 5.